The molecule has 5 heterocycles. The first kappa shape index (κ1) is 34.3. The van der Waals surface area contributed by atoms with Crippen LogP contribution in [0.4, 0.5) is 27.8 Å². The van der Waals surface area contributed by atoms with Gasteiger partial charge in [0.1, 0.15) is 34.0 Å². The number of phenolic OH excluding ortho intramolecular Hbond substituents is 1. The number of nitrogens with one attached hydrogen (secondary N) is 1. The van der Waals surface area contributed by atoms with Crippen LogP contribution in [0.15, 0.2) is 24.3 Å². The van der Waals surface area contributed by atoms with Gasteiger partial charge in [-0.05, 0) is 73.4 Å². The quantitative estimate of drug-likeness (QED) is 0.149. The molecular weight excluding hydrogens is 695 g/mol. The third-order valence-corrected chi connectivity index (χ3v) is 11.8. The van der Waals surface area contributed by atoms with Crippen molar-refractivity contribution >= 4 is 27.5 Å². The molecule has 278 valence electrons. The molecule has 0 amide bonds. The number of likely N-dealkylation sites (tertiary alicyclic amines) is 1. The Labute approximate surface area is 302 Å². The number of methoxy groups -OCH3 is 1. The summed E-state index contributed by atoms with van der Waals surface area (Å²) in [6, 6.07) is 4.73. The number of piperazine rings is 1. The SMILES string of the molecule is C#Cc1c(F)ccc2cc(O)cc(-c3nc(OC)c4c(N5CC6CC(CC(F)(F)F)CC(C5)N6)nc(OCC5(CN6CC7CC7C6)CC5)nc4c3F)c12. The van der Waals surface area contributed by atoms with Crippen molar-refractivity contribution in [1.82, 2.24) is 25.2 Å². The van der Waals surface area contributed by atoms with Crippen molar-refractivity contribution < 1.29 is 36.5 Å². The molecule has 14 heteroatoms. The molecule has 3 saturated heterocycles. The van der Waals surface area contributed by atoms with Crippen molar-refractivity contribution in [2.75, 3.05) is 51.3 Å². The lowest BCUT2D eigenvalue weighted by Crippen LogP contribution is -2.61. The lowest BCUT2D eigenvalue weighted by molar-refractivity contribution is -0.147. The smallest absolute Gasteiger partial charge is 0.389 e. The Kier molecular flexibility index (Phi) is 8.12. The van der Waals surface area contributed by atoms with E-state index in [4.69, 9.17) is 20.9 Å². The summed E-state index contributed by atoms with van der Waals surface area (Å²) < 4.78 is 84.4. The van der Waals surface area contributed by atoms with Crippen LogP contribution in [0.3, 0.4) is 0 Å². The zero-order chi connectivity index (χ0) is 36.8. The van der Waals surface area contributed by atoms with Crippen molar-refractivity contribution in [2.45, 2.75) is 56.8 Å². The Hall–Kier alpha value is -4.48. The van der Waals surface area contributed by atoms with Crippen molar-refractivity contribution in [2.24, 2.45) is 23.2 Å². The minimum Gasteiger partial charge on any atom is -0.508 e. The summed E-state index contributed by atoms with van der Waals surface area (Å²) in [6.07, 6.45) is 4.59. The molecule has 0 radical (unpaired) electrons. The van der Waals surface area contributed by atoms with E-state index in [9.17, 15) is 18.3 Å². The fraction of sp³-hybridized carbons (Fsp3) is 0.513. The number of terminal acetylenes is 1. The standard InChI is InChI=1S/C39H39F5N6O3/c1-3-27-29(40)5-4-21-11-26(51)12-28(30(21)27)33-32(41)34-31(36(46-33)52-2)35(50-16-24-8-20(13-39(42,43)44)9-25(17-50)45-24)48-37(47-34)53-19-38(6-7-38)18-49-14-22-10-23(22)15-49/h1,4-5,11-12,20,22-25,45,51H,6-10,13-19H2,2H3. The number of aromatic hydroxyl groups is 1. The molecule has 53 heavy (non-hydrogen) atoms. The molecule has 9 rings (SSSR count). The first-order chi connectivity index (χ1) is 25.4. The van der Waals surface area contributed by atoms with Crippen LogP contribution in [0, 0.1) is 47.1 Å². The largest absolute Gasteiger partial charge is 0.508 e. The summed E-state index contributed by atoms with van der Waals surface area (Å²) in [7, 11) is 1.37. The van der Waals surface area contributed by atoms with E-state index >= 15 is 8.78 Å². The normalized spacial score (nSPS) is 26.1. The molecule has 2 bridgehead atoms. The average molecular weight is 735 g/mol. The van der Waals surface area contributed by atoms with Gasteiger partial charge in [-0.25, -0.2) is 13.8 Å². The zero-order valence-electron chi connectivity index (χ0n) is 29.1. The molecule has 4 unspecified atom stereocenters. The van der Waals surface area contributed by atoms with Crippen molar-refractivity contribution in [3.8, 4) is 41.2 Å². The molecule has 2 aromatic heterocycles. The maximum absolute atomic E-state index is 17.2. The highest BCUT2D eigenvalue weighted by atomic mass is 19.4. The fourth-order valence-electron chi connectivity index (χ4n) is 9.22. The maximum atomic E-state index is 17.2. The number of pyridine rings is 1. The molecule has 5 fully saturated rings. The monoisotopic (exact) mass is 734 g/mol. The van der Waals surface area contributed by atoms with Crippen LogP contribution in [0.1, 0.15) is 44.1 Å². The van der Waals surface area contributed by atoms with E-state index in [0.717, 1.165) is 44.3 Å². The van der Waals surface area contributed by atoms with Crippen LogP contribution in [0.5, 0.6) is 17.6 Å². The van der Waals surface area contributed by atoms with Crippen molar-refractivity contribution in [3.63, 3.8) is 0 Å². The minimum atomic E-state index is -4.25. The molecule has 3 aliphatic heterocycles. The minimum absolute atomic E-state index is 0.0296. The topological polar surface area (TPSA) is 95.9 Å². The van der Waals surface area contributed by atoms with Crippen LogP contribution in [-0.2, 0) is 0 Å². The number of piperidine rings is 2. The summed E-state index contributed by atoms with van der Waals surface area (Å²) in [4.78, 5) is 18.4. The molecular formula is C39H39F5N6O3. The fourth-order valence-corrected chi connectivity index (χ4v) is 9.22. The Morgan fingerprint density at radius 2 is 1.74 bits per heavy atom. The number of rotatable bonds is 9. The molecule has 2 saturated carbocycles. The number of nitrogens with zero attached hydrogens (tertiary/aromatic N) is 5. The molecule has 4 aromatic rings. The second kappa shape index (κ2) is 12.6. The molecule has 5 aliphatic rings. The van der Waals surface area contributed by atoms with Gasteiger partial charge in [0.2, 0.25) is 5.88 Å². The van der Waals surface area contributed by atoms with Crippen molar-refractivity contribution in [3.05, 3.63) is 41.5 Å². The van der Waals surface area contributed by atoms with E-state index in [1.54, 1.807) is 0 Å². The van der Waals surface area contributed by atoms with E-state index in [1.807, 2.05) is 4.90 Å². The Balaban J connectivity index is 1.14. The van der Waals surface area contributed by atoms with Crippen molar-refractivity contribution in [1.29, 1.82) is 0 Å². The summed E-state index contributed by atoms with van der Waals surface area (Å²) >= 11 is 0. The van der Waals surface area contributed by atoms with Crippen LogP contribution < -0.4 is 19.7 Å². The molecule has 2 aliphatic carbocycles. The highest BCUT2D eigenvalue weighted by molar-refractivity contribution is 6.04. The first-order valence-electron chi connectivity index (χ1n) is 18.2. The van der Waals surface area contributed by atoms with Crippen LogP contribution >= 0.6 is 0 Å². The van der Waals surface area contributed by atoms with E-state index in [-0.39, 0.29) is 68.2 Å². The highest BCUT2D eigenvalue weighted by Crippen LogP contribution is 2.51. The third kappa shape index (κ3) is 6.45. The summed E-state index contributed by atoms with van der Waals surface area (Å²) in [5.74, 6) is 1.94. The number of hydrogen-bond donors (Lipinski definition) is 2. The second-order valence-electron chi connectivity index (χ2n) is 15.9. The van der Waals surface area contributed by atoms with Gasteiger partial charge in [-0.3, -0.25) is 0 Å². The Bertz CT molecular complexity index is 2150. The summed E-state index contributed by atoms with van der Waals surface area (Å²) in [6.45, 7) is 4.09. The predicted octanol–water partition coefficient (Wildman–Crippen LogP) is 6.44. The van der Waals surface area contributed by atoms with Crippen LogP contribution in [0.2, 0.25) is 0 Å². The van der Waals surface area contributed by atoms with Gasteiger partial charge in [0.15, 0.2) is 5.82 Å². The van der Waals surface area contributed by atoms with E-state index in [0.29, 0.717) is 43.7 Å². The first-order valence-corrected chi connectivity index (χ1v) is 18.2. The van der Waals surface area contributed by atoms with Gasteiger partial charge in [-0.2, -0.15) is 23.1 Å². The molecule has 0 spiro atoms. The number of halogens is 5. The van der Waals surface area contributed by atoms with Gasteiger partial charge < -0.3 is 29.7 Å². The molecule has 2 aromatic carbocycles. The summed E-state index contributed by atoms with van der Waals surface area (Å²) in [5, 5.41) is 14.9. The van der Waals surface area contributed by atoms with E-state index in [2.05, 4.69) is 26.1 Å². The second-order valence-corrected chi connectivity index (χ2v) is 15.9. The number of benzene rings is 2. The lowest BCUT2D eigenvalue weighted by atomic mass is 9.83. The maximum Gasteiger partial charge on any atom is 0.389 e. The van der Waals surface area contributed by atoms with Crippen LogP contribution in [-0.4, -0.2) is 89.7 Å². The highest BCUT2D eigenvalue weighted by Gasteiger charge is 2.51. The van der Waals surface area contributed by atoms with Gasteiger partial charge >= 0.3 is 12.2 Å². The van der Waals surface area contributed by atoms with Gasteiger partial charge in [0, 0.05) is 67.6 Å². The van der Waals surface area contributed by atoms with Gasteiger partial charge in [0.05, 0.1) is 19.3 Å². The van der Waals surface area contributed by atoms with Gasteiger partial charge in [-0.1, -0.05) is 12.0 Å². The van der Waals surface area contributed by atoms with Crippen LogP contribution in [0.25, 0.3) is 32.9 Å². The Morgan fingerprint density at radius 3 is 2.40 bits per heavy atom. The number of ether oxygens (including phenoxy) is 2. The molecule has 2 N–H and O–H groups in total. The number of hydrogen-bond acceptors (Lipinski definition) is 9. The zero-order valence-corrected chi connectivity index (χ0v) is 29.1. The van der Waals surface area contributed by atoms with Gasteiger partial charge in [-0.15, -0.1) is 6.42 Å². The third-order valence-electron chi connectivity index (χ3n) is 11.8. The number of fused-ring (bicyclic) bond motifs is 5. The average Bonchev–Trinajstić information content (AvgIpc) is 4.01. The number of phenols is 1. The lowest BCUT2D eigenvalue weighted by Gasteiger charge is -2.46. The molecule has 9 nitrogen and oxygen atoms in total. The Morgan fingerprint density at radius 1 is 1.00 bits per heavy atom. The predicted molar refractivity (Wildman–Crippen MR) is 188 cm³/mol. The summed E-state index contributed by atoms with van der Waals surface area (Å²) in [5.41, 5.74) is -0.561. The number of alkyl halides is 3. The van der Waals surface area contributed by atoms with E-state index in [1.165, 1.54) is 37.8 Å². The molecule has 4 atom stereocenters. The van der Waals surface area contributed by atoms with E-state index < -0.39 is 30.1 Å². The van der Waals surface area contributed by atoms with Gasteiger partial charge in [0.25, 0.3) is 0 Å². The number of aromatic nitrogens is 3. The number of anilines is 1.